The molecule has 0 aliphatic heterocycles. The van der Waals surface area contributed by atoms with Crippen LogP contribution in [-0.4, -0.2) is 27.6 Å². The zero-order valence-corrected chi connectivity index (χ0v) is 14.6. The summed E-state index contributed by atoms with van der Waals surface area (Å²) in [4.78, 5) is 14.5. The first-order valence-corrected chi connectivity index (χ1v) is 8.34. The van der Waals surface area contributed by atoms with E-state index in [-0.39, 0.29) is 24.4 Å². The Morgan fingerprint density at radius 1 is 1.25 bits per heavy atom. The van der Waals surface area contributed by atoms with Gasteiger partial charge in [-0.05, 0) is 18.1 Å². The first kappa shape index (κ1) is 19.2. The maximum atomic E-state index is 13.0. The largest absolute Gasteiger partial charge is 0.418 e. The van der Waals surface area contributed by atoms with E-state index in [1.54, 1.807) is 6.07 Å². The van der Waals surface area contributed by atoms with Gasteiger partial charge in [0.2, 0.25) is 0 Å². The minimum atomic E-state index is -4.44. The molecule has 24 heavy (non-hydrogen) atoms. The van der Waals surface area contributed by atoms with Gasteiger partial charge in [-0.1, -0.05) is 35.3 Å². The van der Waals surface area contributed by atoms with E-state index in [1.807, 2.05) is 0 Å². The summed E-state index contributed by atoms with van der Waals surface area (Å²) in [5.41, 5.74) is -0.0427. The monoisotopic (exact) mass is 400 g/mol. The van der Waals surface area contributed by atoms with E-state index in [9.17, 15) is 18.0 Å². The Hall–Kier alpha value is -1.11. The molecule has 9 heteroatoms. The maximum Gasteiger partial charge on any atom is 0.418 e. The van der Waals surface area contributed by atoms with Crippen LogP contribution in [0, 0.1) is 0 Å². The Morgan fingerprint density at radius 2 is 1.96 bits per heavy atom. The number of benzene rings is 1. The van der Waals surface area contributed by atoms with Crippen LogP contribution in [0.15, 0.2) is 24.4 Å². The minimum Gasteiger partial charge on any atom is -0.360 e. The van der Waals surface area contributed by atoms with Crippen LogP contribution in [0.5, 0.6) is 0 Å². The van der Waals surface area contributed by atoms with Crippen LogP contribution in [-0.2, 0) is 17.4 Å². The fourth-order valence-corrected chi connectivity index (χ4v) is 3.13. The quantitative estimate of drug-likeness (QED) is 0.680. The van der Waals surface area contributed by atoms with Crippen molar-refractivity contribution in [2.24, 2.45) is 0 Å². The number of hydrogen-bond acceptors (Lipinski definition) is 1. The zero-order valence-electron chi connectivity index (χ0n) is 12.3. The van der Waals surface area contributed by atoms with Crippen LogP contribution in [0.2, 0.25) is 0 Å². The third-order valence-corrected chi connectivity index (χ3v) is 4.44. The molecule has 1 aromatic heterocycles. The van der Waals surface area contributed by atoms with Gasteiger partial charge >= 0.3 is 6.18 Å². The van der Waals surface area contributed by atoms with Crippen LogP contribution >= 0.6 is 34.8 Å². The molecule has 0 bridgehead atoms. The smallest absolute Gasteiger partial charge is 0.360 e. The molecule has 0 saturated heterocycles. The van der Waals surface area contributed by atoms with Crippen LogP contribution in [0.4, 0.5) is 13.2 Å². The van der Waals surface area contributed by atoms with Crippen LogP contribution in [0.1, 0.15) is 17.5 Å². The number of aromatic nitrogens is 1. The molecular formula is C15H14Cl3F3N2O. The number of nitrogens with one attached hydrogen (secondary N) is 2. The Kier molecular flexibility index (Phi) is 5.94. The van der Waals surface area contributed by atoms with Gasteiger partial charge in [0.25, 0.3) is 5.91 Å². The minimum absolute atomic E-state index is 0.0255. The van der Waals surface area contributed by atoms with E-state index >= 15 is 0 Å². The lowest BCUT2D eigenvalue weighted by Crippen LogP contribution is -2.39. The lowest BCUT2D eigenvalue weighted by Gasteiger charge is -2.17. The standard InChI is InChI=1S/C15H14Cl3F3N2O/c16-6-5-14(17,18)13(24)22-7-4-9-8-23-12-10(9)2-1-3-11(12)15(19,20)21/h1-3,8,23H,4-7H2,(H,22,24). The van der Waals surface area contributed by atoms with E-state index in [0.29, 0.717) is 17.4 Å². The third-order valence-electron chi connectivity index (χ3n) is 3.53. The van der Waals surface area contributed by atoms with Gasteiger partial charge in [-0.3, -0.25) is 4.79 Å². The third kappa shape index (κ3) is 4.29. The number of hydrogen-bond donors (Lipinski definition) is 2. The van der Waals surface area contributed by atoms with Crippen molar-refractivity contribution in [2.45, 2.75) is 23.4 Å². The fraction of sp³-hybridized carbons (Fsp3) is 0.400. The van der Waals surface area contributed by atoms with Crippen molar-refractivity contribution in [2.75, 3.05) is 12.4 Å². The van der Waals surface area contributed by atoms with Crippen molar-refractivity contribution in [3.05, 3.63) is 35.5 Å². The number of amides is 1. The average Bonchev–Trinajstić information content (AvgIpc) is 2.89. The van der Waals surface area contributed by atoms with Gasteiger partial charge in [-0.2, -0.15) is 13.2 Å². The lowest BCUT2D eigenvalue weighted by atomic mass is 10.1. The highest BCUT2D eigenvalue weighted by Gasteiger charge is 2.34. The summed E-state index contributed by atoms with van der Waals surface area (Å²) < 4.78 is 37.3. The summed E-state index contributed by atoms with van der Waals surface area (Å²) in [6, 6.07) is 3.97. The number of para-hydroxylation sites is 1. The van der Waals surface area contributed by atoms with Gasteiger partial charge < -0.3 is 10.3 Å². The van der Waals surface area contributed by atoms with Crippen molar-refractivity contribution in [1.29, 1.82) is 0 Å². The predicted molar refractivity (Wildman–Crippen MR) is 89.8 cm³/mol. The molecular weight excluding hydrogens is 388 g/mol. The molecule has 0 spiro atoms. The number of carbonyl (C=O) groups excluding carboxylic acids is 1. The molecule has 1 heterocycles. The summed E-state index contributed by atoms with van der Waals surface area (Å²) in [5.74, 6) is -0.453. The Balaban J connectivity index is 2.08. The number of H-pyrrole nitrogens is 1. The summed E-state index contributed by atoms with van der Waals surface area (Å²) in [6.45, 7) is 0.186. The van der Waals surface area contributed by atoms with Crippen LogP contribution in [0.25, 0.3) is 10.9 Å². The molecule has 132 valence electrons. The number of fused-ring (bicyclic) bond motifs is 1. The highest BCUT2D eigenvalue weighted by atomic mass is 35.5. The SMILES string of the molecule is O=C(NCCc1c[nH]c2c(C(F)(F)F)cccc12)C(Cl)(Cl)CCCl. The van der Waals surface area contributed by atoms with Crippen molar-refractivity contribution in [1.82, 2.24) is 10.3 Å². The molecule has 0 saturated carbocycles. The van der Waals surface area contributed by atoms with E-state index in [1.165, 1.54) is 12.3 Å². The second-order valence-electron chi connectivity index (χ2n) is 5.19. The molecule has 3 nitrogen and oxygen atoms in total. The highest BCUT2D eigenvalue weighted by molar-refractivity contribution is 6.58. The Morgan fingerprint density at radius 3 is 2.58 bits per heavy atom. The van der Waals surface area contributed by atoms with Crippen molar-refractivity contribution < 1.29 is 18.0 Å². The molecule has 0 unspecified atom stereocenters. The summed E-state index contributed by atoms with van der Waals surface area (Å²) in [6.07, 6.45) is -2.52. The topological polar surface area (TPSA) is 44.9 Å². The van der Waals surface area contributed by atoms with Gasteiger partial charge in [-0.15, -0.1) is 11.6 Å². The summed E-state index contributed by atoms with van der Waals surface area (Å²) in [5, 5.41) is 3.02. The summed E-state index contributed by atoms with van der Waals surface area (Å²) in [7, 11) is 0. The summed E-state index contributed by atoms with van der Waals surface area (Å²) >= 11 is 17.2. The molecule has 0 aliphatic rings. The Bertz CT molecular complexity index is 728. The normalized spacial score (nSPS) is 12.6. The number of aromatic amines is 1. The maximum absolute atomic E-state index is 13.0. The van der Waals surface area contributed by atoms with Crippen molar-refractivity contribution >= 4 is 51.6 Å². The van der Waals surface area contributed by atoms with Crippen LogP contribution in [0.3, 0.4) is 0 Å². The fourth-order valence-electron chi connectivity index (χ4n) is 2.33. The number of carbonyl (C=O) groups is 1. The number of halogens is 6. The molecule has 0 radical (unpaired) electrons. The predicted octanol–water partition coefficient (Wildman–Crippen LogP) is 4.65. The van der Waals surface area contributed by atoms with E-state index in [2.05, 4.69) is 10.3 Å². The van der Waals surface area contributed by atoms with Gasteiger partial charge in [0.15, 0.2) is 4.33 Å². The molecule has 2 aromatic rings. The van der Waals surface area contributed by atoms with E-state index in [0.717, 1.165) is 6.07 Å². The van der Waals surface area contributed by atoms with Gasteiger partial charge in [0.05, 0.1) is 11.1 Å². The highest BCUT2D eigenvalue weighted by Crippen LogP contribution is 2.35. The van der Waals surface area contributed by atoms with Crippen molar-refractivity contribution in [3.8, 4) is 0 Å². The molecule has 2 rings (SSSR count). The molecule has 1 amide bonds. The van der Waals surface area contributed by atoms with Gasteiger partial charge in [-0.25, -0.2) is 0 Å². The molecule has 2 N–H and O–H groups in total. The zero-order chi connectivity index (χ0) is 18.0. The van der Waals surface area contributed by atoms with Crippen molar-refractivity contribution in [3.63, 3.8) is 0 Å². The second-order valence-corrected chi connectivity index (χ2v) is 7.05. The van der Waals surface area contributed by atoms with Crippen LogP contribution < -0.4 is 5.32 Å². The Labute approximate surface area is 151 Å². The first-order chi connectivity index (χ1) is 11.2. The van der Waals surface area contributed by atoms with Gasteiger partial charge in [0, 0.05) is 30.4 Å². The second kappa shape index (κ2) is 7.42. The molecule has 1 aromatic carbocycles. The number of rotatable bonds is 6. The van der Waals surface area contributed by atoms with Gasteiger partial charge in [0.1, 0.15) is 0 Å². The average molecular weight is 402 g/mol. The van der Waals surface area contributed by atoms with E-state index < -0.39 is 22.0 Å². The number of alkyl halides is 6. The molecule has 0 fully saturated rings. The molecule has 0 atom stereocenters. The lowest BCUT2D eigenvalue weighted by molar-refractivity contribution is -0.136. The molecule has 0 aliphatic carbocycles. The van der Waals surface area contributed by atoms with E-state index in [4.69, 9.17) is 34.8 Å². The first-order valence-electron chi connectivity index (χ1n) is 7.05.